The summed E-state index contributed by atoms with van der Waals surface area (Å²) in [5.41, 5.74) is 1.68. The van der Waals surface area contributed by atoms with Crippen LogP contribution in [0.3, 0.4) is 0 Å². The average molecular weight is 318 g/mol. The van der Waals surface area contributed by atoms with Gasteiger partial charge in [0.1, 0.15) is 0 Å². The fourth-order valence-corrected chi connectivity index (χ4v) is 2.69. The number of rotatable bonds is 6. The third kappa shape index (κ3) is 4.41. The Bertz CT molecular complexity index is 726. The molecule has 2 rings (SSSR count). The summed E-state index contributed by atoms with van der Waals surface area (Å²) in [5, 5.41) is 2.75. The Hall–Kier alpha value is -2.18. The Balaban J connectivity index is 1.92. The highest BCUT2D eigenvalue weighted by Crippen LogP contribution is 2.14. The van der Waals surface area contributed by atoms with E-state index in [0.717, 1.165) is 5.56 Å². The summed E-state index contributed by atoms with van der Waals surface area (Å²) in [4.78, 5) is 12.0. The Morgan fingerprint density at radius 2 is 1.64 bits per heavy atom. The highest BCUT2D eigenvalue weighted by molar-refractivity contribution is 7.89. The number of nitrogens with one attached hydrogen (secondary N) is 2. The second-order valence-corrected chi connectivity index (χ2v) is 6.65. The number of hydrogen-bond acceptors (Lipinski definition) is 3. The number of sulfonamides is 1. The highest BCUT2D eigenvalue weighted by atomic mass is 32.2. The van der Waals surface area contributed by atoms with Crippen LogP contribution in [0.1, 0.15) is 12.0 Å². The molecule has 6 heteroatoms. The van der Waals surface area contributed by atoms with E-state index in [9.17, 15) is 13.2 Å². The van der Waals surface area contributed by atoms with Crippen LogP contribution in [0, 0.1) is 0 Å². The van der Waals surface area contributed by atoms with Crippen molar-refractivity contribution < 1.29 is 13.2 Å². The molecule has 0 aromatic heterocycles. The molecule has 0 fully saturated rings. The normalized spacial score (nSPS) is 11.1. The second-order valence-electron chi connectivity index (χ2n) is 4.77. The first-order valence-corrected chi connectivity index (χ1v) is 8.37. The first-order chi connectivity index (χ1) is 10.5. The van der Waals surface area contributed by atoms with Crippen LogP contribution in [0.2, 0.25) is 0 Å². The van der Waals surface area contributed by atoms with E-state index in [4.69, 9.17) is 0 Å². The lowest BCUT2D eigenvalue weighted by Crippen LogP contribution is -2.18. The summed E-state index contributed by atoms with van der Waals surface area (Å²) < 4.78 is 25.4. The van der Waals surface area contributed by atoms with E-state index in [-0.39, 0.29) is 10.8 Å². The van der Waals surface area contributed by atoms with Crippen LogP contribution in [0.4, 0.5) is 5.69 Å². The molecular weight excluding hydrogens is 300 g/mol. The second kappa shape index (κ2) is 7.20. The highest BCUT2D eigenvalue weighted by Gasteiger charge is 2.11. The molecule has 0 spiro atoms. The molecule has 0 bridgehead atoms. The third-order valence-electron chi connectivity index (χ3n) is 3.20. The van der Waals surface area contributed by atoms with Crippen molar-refractivity contribution in [2.45, 2.75) is 17.7 Å². The van der Waals surface area contributed by atoms with E-state index in [1.165, 1.54) is 19.2 Å². The topological polar surface area (TPSA) is 75.3 Å². The first-order valence-electron chi connectivity index (χ1n) is 6.88. The number of aryl methyl sites for hydroxylation is 1. The molecule has 0 aliphatic heterocycles. The molecule has 5 nitrogen and oxygen atoms in total. The van der Waals surface area contributed by atoms with Gasteiger partial charge in [-0.25, -0.2) is 13.1 Å². The molecule has 0 radical (unpaired) electrons. The molecule has 1 amide bonds. The van der Waals surface area contributed by atoms with Gasteiger partial charge in [-0.05, 0) is 43.3 Å². The summed E-state index contributed by atoms with van der Waals surface area (Å²) in [7, 11) is -2.10. The zero-order valence-electron chi connectivity index (χ0n) is 12.2. The molecule has 2 aromatic carbocycles. The molecule has 0 heterocycles. The van der Waals surface area contributed by atoms with Crippen LogP contribution in [0.5, 0.6) is 0 Å². The van der Waals surface area contributed by atoms with E-state index >= 15 is 0 Å². The zero-order chi connectivity index (χ0) is 16.0. The van der Waals surface area contributed by atoms with Gasteiger partial charge in [0.25, 0.3) is 0 Å². The van der Waals surface area contributed by atoms with Gasteiger partial charge in [-0.1, -0.05) is 30.3 Å². The Morgan fingerprint density at radius 3 is 2.23 bits per heavy atom. The average Bonchev–Trinajstić information content (AvgIpc) is 2.54. The minimum atomic E-state index is -3.45. The van der Waals surface area contributed by atoms with Gasteiger partial charge in [0.2, 0.25) is 15.9 Å². The van der Waals surface area contributed by atoms with Crippen LogP contribution in [-0.4, -0.2) is 21.4 Å². The quantitative estimate of drug-likeness (QED) is 0.857. The van der Waals surface area contributed by atoms with Crippen molar-refractivity contribution in [3.05, 3.63) is 60.2 Å². The van der Waals surface area contributed by atoms with Gasteiger partial charge in [-0.2, -0.15) is 0 Å². The van der Waals surface area contributed by atoms with Crippen LogP contribution in [0.25, 0.3) is 0 Å². The van der Waals surface area contributed by atoms with Crippen molar-refractivity contribution in [2.75, 3.05) is 12.4 Å². The van der Waals surface area contributed by atoms with E-state index in [0.29, 0.717) is 18.5 Å². The molecule has 0 aliphatic rings. The molecule has 0 unspecified atom stereocenters. The summed E-state index contributed by atoms with van der Waals surface area (Å²) in [6.45, 7) is 0. The van der Waals surface area contributed by atoms with E-state index in [1.54, 1.807) is 12.1 Å². The van der Waals surface area contributed by atoms with Gasteiger partial charge >= 0.3 is 0 Å². The maximum absolute atomic E-state index is 11.9. The lowest BCUT2D eigenvalue weighted by Gasteiger charge is -2.07. The van der Waals surface area contributed by atoms with Gasteiger partial charge < -0.3 is 5.32 Å². The lowest BCUT2D eigenvalue weighted by atomic mass is 10.1. The van der Waals surface area contributed by atoms with Crippen molar-refractivity contribution in [1.29, 1.82) is 0 Å². The lowest BCUT2D eigenvalue weighted by molar-refractivity contribution is -0.116. The van der Waals surface area contributed by atoms with Crippen molar-refractivity contribution in [3.8, 4) is 0 Å². The number of carbonyl (C=O) groups is 1. The predicted octanol–water partition coefficient (Wildman–Crippen LogP) is 2.17. The number of benzene rings is 2. The Morgan fingerprint density at radius 1 is 1.00 bits per heavy atom. The van der Waals surface area contributed by atoms with E-state index in [2.05, 4.69) is 10.0 Å². The van der Waals surface area contributed by atoms with Crippen LogP contribution < -0.4 is 10.0 Å². The summed E-state index contributed by atoms with van der Waals surface area (Å²) >= 11 is 0. The summed E-state index contributed by atoms with van der Waals surface area (Å²) in [5.74, 6) is -0.104. The molecule has 0 saturated heterocycles. The number of anilines is 1. The SMILES string of the molecule is CNS(=O)(=O)c1ccc(NC(=O)CCc2ccccc2)cc1. The number of hydrogen-bond donors (Lipinski definition) is 2. The van der Waals surface area contributed by atoms with Crippen LogP contribution in [-0.2, 0) is 21.2 Å². The van der Waals surface area contributed by atoms with E-state index in [1.807, 2.05) is 30.3 Å². The summed E-state index contributed by atoms with van der Waals surface area (Å²) in [6.07, 6.45) is 1.04. The molecular formula is C16H18N2O3S. The van der Waals surface area contributed by atoms with Gasteiger partial charge in [-0.15, -0.1) is 0 Å². The maximum Gasteiger partial charge on any atom is 0.240 e. The molecule has 2 N–H and O–H groups in total. The minimum Gasteiger partial charge on any atom is -0.326 e. The third-order valence-corrected chi connectivity index (χ3v) is 4.63. The molecule has 0 atom stereocenters. The van der Waals surface area contributed by atoms with Crippen LogP contribution >= 0.6 is 0 Å². The zero-order valence-corrected chi connectivity index (χ0v) is 13.1. The van der Waals surface area contributed by atoms with Crippen molar-refractivity contribution in [3.63, 3.8) is 0 Å². The van der Waals surface area contributed by atoms with Gasteiger partial charge in [0, 0.05) is 12.1 Å². The Labute approximate surface area is 130 Å². The number of amides is 1. The maximum atomic E-state index is 11.9. The van der Waals surface area contributed by atoms with Crippen LogP contribution in [0.15, 0.2) is 59.5 Å². The summed E-state index contributed by atoms with van der Waals surface area (Å²) in [6, 6.07) is 15.8. The van der Waals surface area contributed by atoms with E-state index < -0.39 is 10.0 Å². The van der Waals surface area contributed by atoms with Crippen molar-refractivity contribution in [1.82, 2.24) is 4.72 Å². The largest absolute Gasteiger partial charge is 0.326 e. The molecule has 0 aliphatic carbocycles. The van der Waals surface area contributed by atoms with Gasteiger partial charge in [0.15, 0.2) is 0 Å². The molecule has 22 heavy (non-hydrogen) atoms. The van der Waals surface area contributed by atoms with Crippen molar-refractivity contribution >= 4 is 21.6 Å². The molecule has 116 valence electrons. The predicted molar refractivity (Wildman–Crippen MR) is 86.1 cm³/mol. The number of carbonyl (C=O) groups excluding carboxylic acids is 1. The fraction of sp³-hybridized carbons (Fsp3) is 0.188. The van der Waals surface area contributed by atoms with Crippen molar-refractivity contribution in [2.24, 2.45) is 0 Å². The van der Waals surface area contributed by atoms with Gasteiger partial charge in [0.05, 0.1) is 4.90 Å². The monoisotopic (exact) mass is 318 g/mol. The van der Waals surface area contributed by atoms with Gasteiger partial charge in [-0.3, -0.25) is 4.79 Å². The molecule has 0 saturated carbocycles. The fourth-order valence-electron chi connectivity index (χ4n) is 1.96. The Kier molecular flexibility index (Phi) is 5.30. The molecule has 2 aromatic rings. The smallest absolute Gasteiger partial charge is 0.240 e. The minimum absolute atomic E-state index is 0.104. The standard InChI is InChI=1S/C16H18N2O3S/c1-17-22(20,21)15-10-8-14(9-11-15)18-16(19)12-7-13-5-3-2-4-6-13/h2-6,8-11,17H,7,12H2,1H3,(H,18,19). The first kappa shape index (κ1) is 16.2.